The zero-order valence-electron chi connectivity index (χ0n) is 11.9. The van der Waals surface area contributed by atoms with Crippen LogP contribution in [-0.4, -0.2) is 36.0 Å². The molecule has 0 aliphatic carbocycles. The van der Waals surface area contributed by atoms with Crippen molar-refractivity contribution in [2.45, 2.75) is 6.54 Å². The lowest BCUT2D eigenvalue weighted by atomic mass is 10.1. The lowest BCUT2D eigenvalue weighted by Gasteiger charge is -2.19. The Labute approximate surface area is 123 Å². The zero-order valence-corrected chi connectivity index (χ0v) is 11.9. The minimum atomic E-state index is 0.000734. The molecule has 1 amide bonds. The fourth-order valence-electron chi connectivity index (χ4n) is 2.34. The molecule has 108 valence electrons. The van der Waals surface area contributed by atoms with Gasteiger partial charge in [0.15, 0.2) is 0 Å². The van der Waals surface area contributed by atoms with Crippen molar-refractivity contribution in [3.63, 3.8) is 0 Å². The van der Waals surface area contributed by atoms with Crippen LogP contribution in [0.3, 0.4) is 0 Å². The van der Waals surface area contributed by atoms with Gasteiger partial charge >= 0.3 is 0 Å². The monoisotopic (exact) mass is 283 g/mol. The summed E-state index contributed by atoms with van der Waals surface area (Å²) >= 11 is 0. The van der Waals surface area contributed by atoms with E-state index in [1.54, 1.807) is 17.2 Å². The number of anilines is 1. The quantitative estimate of drug-likeness (QED) is 0.938. The molecular formula is C16H17N3O2. The molecule has 0 radical (unpaired) electrons. The van der Waals surface area contributed by atoms with Gasteiger partial charge in [0.1, 0.15) is 18.2 Å². The van der Waals surface area contributed by atoms with E-state index in [2.05, 4.69) is 10.3 Å². The van der Waals surface area contributed by atoms with Crippen molar-refractivity contribution in [3.05, 3.63) is 53.7 Å². The highest BCUT2D eigenvalue weighted by atomic mass is 16.5. The molecule has 3 rings (SSSR count). The maximum absolute atomic E-state index is 12.6. The van der Waals surface area contributed by atoms with E-state index in [0.717, 1.165) is 11.4 Å². The number of hydrogen-bond donors (Lipinski definition) is 1. The summed E-state index contributed by atoms with van der Waals surface area (Å²) < 4.78 is 5.64. The smallest absolute Gasteiger partial charge is 0.258 e. The molecular weight excluding hydrogens is 266 g/mol. The van der Waals surface area contributed by atoms with Gasteiger partial charge in [0.25, 0.3) is 5.91 Å². The van der Waals surface area contributed by atoms with Crippen molar-refractivity contribution >= 4 is 11.7 Å². The molecule has 0 bridgehead atoms. The fourth-order valence-corrected chi connectivity index (χ4v) is 2.34. The van der Waals surface area contributed by atoms with Gasteiger partial charge in [-0.15, -0.1) is 0 Å². The summed E-state index contributed by atoms with van der Waals surface area (Å²) in [5.74, 6) is 1.48. The van der Waals surface area contributed by atoms with Crippen molar-refractivity contribution in [1.82, 2.24) is 9.88 Å². The number of para-hydroxylation sites is 1. The van der Waals surface area contributed by atoms with Gasteiger partial charge in [-0.1, -0.05) is 18.2 Å². The molecule has 1 N–H and O–H groups in total. The van der Waals surface area contributed by atoms with Crippen molar-refractivity contribution in [2.75, 3.05) is 25.5 Å². The third kappa shape index (κ3) is 2.81. The molecule has 1 aromatic carbocycles. The molecule has 5 nitrogen and oxygen atoms in total. The van der Waals surface area contributed by atoms with Crippen LogP contribution in [0, 0.1) is 0 Å². The number of carbonyl (C=O) groups excluding carboxylic acids is 1. The number of hydrogen-bond acceptors (Lipinski definition) is 4. The van der Waals surface area contributed by atoms with Crippen molar-refractivity contribution in [1.29, 1.82) is 0 Å². The summed E-state index contributed by atoms with van der Waals surface area (Å²) in [6, 6.07) is 11.2. The zero-order chi connectivity index (χ0) is 14.7. The summed E-state index contributed by atoms with van der Waals surface area (Å²) in [6.07, 6.45) is 1.79. The maximum Gasteiger partial charge on any atom is 0.258 e. The van der Waals surface area contributed by atoms with E-state index < -0.39 is 0 Å². The van der Waals surface area contributed by atoms with Crippen LogP contribution in [0.4, 0.5) is 5.82 Å². The maximum atomic E-state index is 12.6. The van der Waals surface area contributed by atoms with Crippen LogP contribution in [0.1, 0.15) is 15.9 Å². The highest BCUT2D eigenvalue weighted by Crippen LogP contribution is 2.23. The van der Waals surface area contributed by atoms with Crippen LogP contribution in [-0.2, 0) is 6.54 Å². The molecule has 1 aliphatic heterocycles. The summed E-state index contributed by atoms with van der Waals surface area (Å²) in [5, 5.41) is 2.98. The number of rotatable bonds is 3. The van der Waals surface area contributed by atoms with E-state index in [0.29, 0.717) is 31.0 Å². The third-order valence-electron chi connectivity index (χ3n) is 3.48. The Bertz CT molecular complexity index is 640. The van der Waals surface area contributed by atoms with Gasteiger partial charge in [0, 0.05) is 19.8 Å². The average molecular weight is 283 g/mol. The molecule has 2 heterocycles. The first-order valence-electron chi connectivity index (χ1n) is 6.92. The summed E-state index contributed by atoms with van der Waals surface area (Å²) in [5.41, 5.74) is 1.62. The topological polar surface area (TPSA) is 54.5 Å². The van der Waals surface area contributed by atoms with Gasteiger partial charge < -0.3 is 15.0 Å². The van der Waals surface area contributed by atoms with Gasteiger partial charge in [-0.05, 0) is 23.8 Å². The van der Waals surface area contributed by atoms with Crippen LogP contribution in [0.2, 0.25) is 0 Å². The molecule has 0 unspecified atom stereocenters. The predicted molar refractivity (Wildman–Crippen MR) is 80.5 cm³/mol. The Kier molecular flexibility index (Phi) is 3.73. The number of fused-ring (bicyclic) bond motifs is 1. The Hall–Kier alpha value is -2.56. The second-order valence-electron chi connectivity index (χ2n) is 4.87. The number of ether oxygens (including phenoxy) is 1. The van der Waals surface area contributed by atoms with E-state index in [-0.39, 0.29) is 5.91 Å². The first-order chi connectivity index (χ1) is 10.3. The standard InChI is InChI=1S/C16H17N3O2/c1-17-15-7-6-12(10-18-15)11-19-8-9-21-14-5-3-2-4-13(14)16(19)20/h2-7,10H,8-9,11H2,1H3,(H,17,18). The first-order valence-corrected chi connectivity index (χ1v) is 6.92. The molecule has 2 aromatic rings. The van der Waals surface area contributed by atoms with E-state index in [1.165, 1.54) is 0 Å². The fraction of sp³-hybridized carbons (Fsp3) is 0.250. The minimum absolute atomic E-state index is 0.000734. The van der Waals surface area contributed by atoms with Crippen LogP contribution in [0.15, 0.2) is 42.6 Å². The second kappa shape index (κ2) is 5.83. The summed E-state index contributed by atoms with van der Waals surface area (Å²) in [7, 11) is 1.83. The number of nitrogens with zero attached hydrogens (tertiary/aromatic N) is 2. The number of amides is 1. The molecule has 1 aliphatic rings. The second-order valence-corrected chi connectivity index (χ2v) is 4.87. The Morgan fingerprint density at radius 3 is 2.90 bits per heavy atom. The number of carbonyl (C=O) groups is 1. The summed E-state index contributed by atoms with van der Waals surface area (Å²) in [6.45, 7) is 1.61. The highest BCUT2D eigenvalue weighted by Gasteiger charge is 2.23. The number of benzene rings is 1. The minimum Gasteiger partial charge on any atom is -0.491 e. The van der Waals surface area contributed by atoms with Crippen molar-refractivity contribution < 1.29 is 9.53 Å². The van der Waals surface area contributed by atoms with Crippen molar-refractivity contribution in [2.24, 2.45) is 0 Å². The lowest BCUT2D eigenvalue weighted by Crippen LogP contribution is -2.31. The molecule has 0 spiro atoms. The third-order valence-corrected chi connectivity index (χ3v) is 3.48. The van der Waals surface area contributed by atoms with E-state index in [4.69, 9.17) is 4.74 Å². The van der Waals surface area contributed by atoms with E-state index in [9.17, 15) is 4.79 Å². The number of nitrogens with one attached hydrogen (secondary N) is 1. The van der Waals surface area contributed by atoms with Crippen LogP contribution in [0.25, 0.3) is 0 Å². The molecule has 0 saturated heterocycles. The lowest BCUT2D eigenvalue weighted by molar-refractivity contribution is 0.0743. The van der Waals surface area contributed by atoms with Crippen LogP contribution >= 0.6 is 0 Å². The van der Waals surface area contributed by atoms with E-state index >= 15 is 0 Å². The molecule has 21 heavy (non-hydrogen) atoms. The molecule has 5 heteroatoms. The van der Waals surface area contributed by atoms with Gasteiger partial charge in [-0.25, -0.2) is 4.98 Å². The van der Waals surface area contributed by atoms with Gasteiger partial charge in [-0.2, -0.15) is 0 Å². The molecule has 0 atom stereocenters. The number of aromatic nitrogens is 1. The Morgan fingerprint density at radius 2 is 2.14 bits per heavy atom. The SMILES string of the molecule is CNc1ccc(CN2CCOc3ccccc3C2=O)cn1. The predicted octanol–water partition coefficient (Wildman–Crippen LogP) is 2.16. The van der Waals surface area contributed by atoms with Crippen molar-refractivity contribution in [3.8, 4) is 5.75 Å². The Balaban J connectivity index is 1.80. The normalized spacial score (nSPS) is 14.1. The van der Waals surface area contributed by atoms with E-state index in [1.807, 2.05) is 37.4 Å². The molecule has 0 saturated carbocycles. The van der Waals surface area contributed by atoms with Crippen LogP contribution < -0.4 is 10.1 Å². The van der Waals surface area contributed by atoms with Gasteiger partial charge in [0.2, 0.25) is 0 Å². The Morgan fingerprint density at radius 1 is 1.29 bits per heavy atom. The largest absolute Gasteiger partial charge is 0.491 e. The first kappa shape index (κ1) is 13.4. The van der Waals surface area contributed by atoms with Gasteiger partial charge in [0.05, 0.1) is 12.1 Å². The average Bonchev–Trinajstić information content (AvgIpc) is 2.69. The molecule has 0 fully saturated rings. The van der Waals surface area contributed by atoms with Crippen LogP contribution in [0.5, 0.6) is 5.75 Å². The number of pyridine rings is 1. The van der Waals surface area contributed by atoms with Gasteiger partial charge in [-0.3, -0.25) is 4.79 Å². The highest BCUT2D eigenvalue weighted by molar-refractivity contribution is 5.97. The molecule has 1 aromatic heterocycles. The summed E-state index contributed by atoms with van der Waals surface area (Å²) in [4.78, 5) is 18.6.